The van der Waals surface area contributed by atoms with Gasteiger partial charge in [0.2, 0.25) is 0 Å². The highest BCUT2D eigenvalue weighted by atomic mass is 32.2. The van der Waals surface area contributed by atoms with E-state index in [-0.39, 0.29) is 10.8 Å². The Kier molecular flexibility index (Phi) is 4.19. The van der Waals surface area contributed by atoms with E-state index in [4.69, 9.17) is 4.74 Å². The molecule has 0 aliphatic heterocycles. The summed E-state index contributed by atoms with van der Waals surface area (Å²) in [6, 6.07) is 10.1. The van der Waals surface area contributed by atoms with Gasteiger partial charge in [-0.3, -0.25) is 9.82 Å². The van der Waals surface area contributed by atoms with Crippen molar-refractivity contribution in [3.63, 3.8) is 0 Å². The molecule has 2 N–H and O–H groups in total. The number of methoxy groups -OCH3 is 1. The van der Waals surface area contributed by atoms with Crippen molar-refractivity contribution in [2.75, 3.05) is 11.8 Å². The van der Waals surface area contributed by atoms with Crippen LogP contribution in [0.3, 0.4) is 0 Å². The Morgan fingerprint density at radius 1 is 1.17 bits per heavy atom. The van der Waals surface area contributed by atoms with E-state index in [0.29, 0.717) is 11.4 Å². The van der Waals surface area contributed by atoms with E-state index in [1.165, 1.54) is 0 Å². The lowest BCUT2D eigenvalue weighted by molar-refractivity contribution is 0.407. The second-order valence-corrected chi connectivity index (χ2v) is 7.52. The molecule has 3 rings (SSSR count). The topological polar surface area (TPSA) is 84.1 Å². The normalized spacial score (nSPS) is 11.8. The van der Waals surface area contributed by atoms with Crippen LogP contribution >= 0.6 is 0 Å². The van der Waals surface area contributed by atoms with Gasteiger partial charge in [-0.2, -0.15) is 5.10 Å². The molecular formula is C17H19N3O3S. The standard InChI is InChI=1S/C17H19N3O3S/c1-11(2)15-9-14(6-7-17(15)23-3)24(21,22)20-13-5-4-12-10-18-19-16(12)8-13/h4-11,20H,1-3H3,(H,18,19). The van der Waals surface area contributed by atoms with Crippen LogP contribution in [0.25, 0.3) is 10.9 Å². The number of rotatable bonds is 5. The van der Waals surface area contributed by atoms with Crippen LogP contribution in [0, 0.1) is 0 Å². The Balaban J connectivity index is 1.96. The summed E-state index contributed by atoms with van der Waals surface area (Å²) in [6.45, 7) is 3.99. The summed E-state index contributed by atoms with van der Waals surface area (Å²) in [6.07, 6.45) is 1.69. The van der Waals surface area contributed by atoms with Crippen molar-refractivity contribution in [1.29, 1.82) is 0 Å². The smallest absolute Gasteiger partial charge is 0.261 e. The maximum atomic E-state index is 12.7. The van der Waals surface area contributed by atoms with Crippen molar-refractivity contribution in [2.45, 2.75) is 24.7 Å². The van der Waals surface area contributed by atoms with Gasteiger partial charge in [-0.1, -0.05) is 13.8 Å². The Morgan fingerprint density at radius 2 is 1.96 bits per heavy atom. The molecule has 7 heteroatoms. The first kappa shape index (κ1) is 16.3. The van der Waals surface area contributed by atoms with Crippen LogP contribution in [0.4, 0.5) is 5.69 Å². The molecule has 0 aliphatic carbocycles. The van der Waals surface area contributed by atoms with E-state index in [0.717, 1.165) is 16.5 Å². The van der Waals surface area contributed by atoms with E-state index in [9.17, 15) is 8.42 Å². The zero-order valence-electron chi connectivity index (χ0n) is 13.7. The first-order valence-electron chi connectivity index (χ1n) is 7.54. The summed E-state index contributed by atoms with van der Waals surface area (Å²) in [7, 11) is -2.11. The minimum Gasteiger partial charge on any atom is -0.496 e. The number of H-pyrrole nitrogens is 1. The predicted molar refractivity (Wildman–Crippen MR) is 94.0 cm³/mol. The summed E-state index contributed by atoms with van der Waals surface area (Å²) < 4.78 is 33.3. The van der Waals surface area contributed by atoms with Crippen LogP contribution in [0.15, 0.2) is 47.5 Å². The monoisotopic (exact) mass is 345 g/mol. The van der Waals surface area contributed by atoms with E-state index >= 15 is 0 Å². The van der Waals surface area contributed by atoms with Crippen LogP contribution in [0.1, 0.15) is 25.3 Å². The van der Waals surface area contributed by atoms with E-state index in [1.54, 1.807) is 43.6 Å². The third-order valence-corrected chi connectivity index (χ3v) is 5.21. The molecule has 0 radical (unpaired) electrons. The molecule has 2 aromatic carbocycles. The lowest BCUT2D eigenvalue weighted by atomic mass is 10.0. The summed E-state index contributed by atoms with van der Waals surface area (Å²) in [4.78, 5) is 0.205. The second kappa shape index (κ2) is 6.16. The highest BCUT2D eigenvalue weighted by molar-refractivity contribution is 7.92. The van der Waals surface area contributed by atoms with Crippen LogP contribution in [0.5, 0.6) is 5.75 Å². The molecule has 0 saturated carbocycles. The molecule has 0 amide bonds. The lowest BCUT2D eigenvalue weighted by Crippen LogP contribution is -2.13. The molecule has 3 aromatic rings. The van der Waals surface area contributed by atoms with Gasteiger partial charge in [-0.15, -0.1) is 0 Å². The van der Waals surface area contributed by atoms with E-state index in [1.807, 2.05) is 19.9 Å². The zero-order chi connectivity index (χ0) is 17.3. The third kappa shape index (κ3) is 3.07. The predicted octanol–water partition coefficient (Wildman–Crippen LogP) is 3.50. The third-order valence-electron chi connectivity index (χ3n) is 3.83. The van der Waals surface area contributed by atoms with Crippen LogP contribution in [-0.2, 0) is 10.0 Å². The van der Waals surface area contributed by atoms with Crippen molar-refractivity contribution in [1.82, 2.24) is 10.2 Å². The number of anilines is 1. The van der Waals surface area contributed by atoms with Gasteiger partial charge in [-0.25, -0.2) is 8.42 Å². The summed E-state index contributed by atoms with van der Waals surface area (Å²) >= 11 is 0. The highest BCUT2D eigenvalue weighted by Crippen LogP contribution is 2.29. The number of aromatic nitrogens is 2. The summed E-state index contributed by atoms with van der Waals surface area (Å²) in [5.41, 5.74) is 2.10. The van der Waals surface area contributed by atoms with Crippen molar-refractivity contribution < 1.29 is 13.2 Å². The fourth-order valence-corrected chi connectivity index (χ4v) is 3.63. The summed E-state index contributed by atoms with van der Waals surface area (Å²) in [5.74, 6) is 0.833. The number of fused-ring (bicyclic) bond motifs is 1. The fourth-order valence-electron chi connectivity index (χ4n) is 2.55. The van der Waals surface area contributed by atoms with Crippen molar-refractivity contribution >= 4 is 26.6 Å². The van der Waals surface area contributed by atoms with Gasteiger partial charge in [0.15, 0.2) is 0 Å². The molecule has 0 unspecified atom stereocenters. The quantitative estimate of drug-likeness (QED) is 0.741. The maximum absolute atomic E-state index is 12.7. The molecule has 0 atom stereocenters. The van der Waals surface area contributed by atoms with Crippen LogP contribution in [0.2, 0.25) is 0 Å². The van der Waals surface area contributed by atoms with Crippen LogP contribution < -0.4 is 9.46 Å². The number of nitrogens with one attached hydrogen (secondary N) is 2. The molecule has 6 nitrogen and oxygen atoms in total. The van der Waals surface area contributed by atoms with Crippen molar-refractivity contribution in [3.05, 3.63) is 48.2 Å². The Hall–Kier alpha value is -2.54. The number of sulfonamides is 1. The molecule has 0 spiro atoms. The maximum Gasteiger partial charge on any atom is 0.261 e. The molecule has 126 valence electrons. The Morgan fingerprint density at radius 3 is 2.67 bits per heavy atom. The number of benzene rings is 2. The van der Waals surface area contributed by atoms with Gasteiger partial charge >= 0.3 is 0 Å². The van der Waals surface area contributed by atoms with Crippen LogP contribution in [-0.4, -0.2) is 25.7 Å². The average Bonchev–Trinajstić information content (AvgIpc) is 3.01. The molecule has 0 fully saturated rings. The molecule has 0 saturated heterocycles. The average molecular weight is 345 g/mol. The first-order chi connectivity index (χ1) is 11.4. The van der Waals surface area contributed by atoms with Gasteiger partial charge in [0.05, 0.1) is 29.4 Å². The first-order valence-corrected chi connectivity index (χ1v) is 9.03. The number of hydrogen-bond acceptors (Lipinski definition) is 4. The van der Waals surface area contributed by atoms with Gasteiger partial charge in [0, 0.05) is 5.39 Å². The van der Waals surface area contributed by atoms with Gasteiger partial charge in [0.1, 0.15) is 5.75 Å². The van der Waals surface area contributed by atoms with Gasteiger partial charge < -0.3 is 4.74 Å². The molecule has 0 bridgehead atoms. The van der Waals surface area contributed by atoms with Crippen molar-refractivity contribution in [3.8, 4) is 5.75 Å². The molecule has 24 heavy (non-hydrogen) atoms. The minimum atomic E-state index is -3.69. The number of aromatic amines is 1. The van der Waals surface area contributed by atoms with Gasteiger partial charge in [0.25, 0.3) is 10.0 Å². The Bertz CT molecular complexity index is 978. The molecule has 0 aliphatic rings. The summed E-state index contributed by atoms with van der Waals surface area (Å²) in [5, 5.41) is 7.68. The number of nitrogens with zero attached hydrogens (tertiary/aromatic N) is 1. The number of hydrogen-bond donors (Lipinski definition) is 2. The minimum absolute atomic E-state index is 0.149. The molecular weight excluding hydrogens is 326 g/mol. The van der Waals surface area contributed by atoms with Crippen molar-refractivity contribution in [2.24, 2.45) is 0 Å². The van der Waals surface area contributed by atoms with E-state index < -0.39 is 10.0 Å². The number of ether oxygens (including phenoxy) is 1. The fraction of sp³-hybridized carbons (Fsp3) is 0.235. The molecule has 1 aromatic heterocycles. The second-order valence-electron chi connectivity index (χ2n) is 5.84. The largest absolute Gasteiger partial charge is 0.496 e. The zero-order valence-corrected chi connectivity index (χ0v) is 14.5. The lowest BCUT2D eigenvalue weighted by Gasteiger charge is -2.14. The molecule has 1 heterocycles. The SMILES string of the molecule is COc1ccc(S(=O)(=O)Nc2ccc3cn[nH]c3c2)cc1C(C)C. The van der Waals surface area contributed by atoms with Gasteiger partial charge in [-0.05, 0) is 47.9 Å². The highest BCUT2D eigenvalue weighted by Gasteiger charge is 2.18. The Labute approximate surface area is 140 Å². The van der Waals surface area contributed by atoms with E-state index in [2.05, 4.69) is 14.9 Å².